The molecule has 1 unspecified atom stereocenters. The zero-order chi connectivity index (χ0) is 23.5. The first-order valence-electron chi connectivity index (χ1n) is 11.6. The average Bonchev–Trinajstić information content (AvgIpc) is 2.96. The van der Waals surface area contributed by atoms with E-state index in [1.165, 1.54) is 0 Å². The average molecular weight is 456 g/mol. The molecule has 2 aromatic rings. The molecule has 1 aliphatic carbocycles. The highest BCUT2D eigenvalue weighted by Crippen LogP contribution is 2.41. The maximum absolute atomic E-state index is 15.2. The number of nitrogens with one attached hydrogen (secondary N) is 1. The quantitative estimate of drug-likeness (QED) is 0.676. The van der Waals surface area contributed by atoms with E-state index in [1.54, 1.807) is 9.58 Å². The number of benzene rings is 1. The van der Waals surface area contributed by atoms with Crippen LogP contribution in [0.1, 0.15) is 74.5 Å². The molecule has 3 aliphatic rings. The van der Waals surface area contributed by atoms with Crippen molar-refractivity contribution in [1.29, 1.82) is 0 Å². The highest BCUT2D eigenvalue weighted by Gasteiger charge is 2.40. The topological polar surface area (TPSA) is 102 Å². The number of amides is 2. The predicted molar refractivity (Wildman–Crippen MR) is 121 cm³/mol. The minimum Gasteiger partial charge on any atom is -0.444 e. The minimum atomic E-state index is -0.632. The van der Waals surface area contributed by atoms with Crippen molar-refractivity contribution in [3.05, 3.63) is 40.5 Å². The molecule has 1 aromatic heterocycles. The summed E-state index contributed by atoms with van der Waals surface area (Å²) in [4.78, 5) is 27.0. The van der Waals surface area contributed by atoms with Crippen molar-refractivity contribution in [2.45, 2.75) is 70.4 Å². The summed E-state index contributed by atoms with van der Waals surface area (Å²) in [6.07, 6.45) is 3.24. The molecule has 2 amide bonds. The van der Waals surface area contributed by atoms with Gasteiger partial charge < -0.3 is 15.8 Å². The highest BCUT2D eigenvalue weighted by atomic mass is 19.1. The fourth-order valence-corrected chi connectivity index (χ4v) is 5.00. The molecule has 8 nitrogen and oxygen atoms in total. The number of rotatable bonds is 2. The van der Waals surface area contributed by atoms with Gasteiger partial charge in [-0.25, -0.2) is 13.9 Å². The molecule has 9 heteroatoms. The van der Waals surface area contributed by atoms with Gasteiger partial charge in [0.05, 0.1) is 35.2 Å². The molecule has 0 radical (unpaired) electrons. The van der Waals surface area contributed by atoms with Crippen molar-refractivity contribution in [2.24, 2.45) is 0 Å². The van der Waals surface area contributed by atoms with E-state index in [2.05, 4.69) is 5.32 Å². The van der Waals surface area contributed by atoms with Gasteiger partial charge in [-0.2, -0.15) is 5.10 Å². The second-order valence-electron chi connectivity index (χ2n) is 10.2. The van der Waals surface area contributed by atoms with Crippen LogP contribution in [0.15, 0.2) is 12.1 Å². The van der Waals surface area contributed by atoms with Gasteiger partial charge in [-0.3, -0.25) is 9.69 Å². The van der Waals surface area contributed by atoms with Crippen LogP contribution < -0.4 is 11.1 Å². The lowest BCUT2D eigenvalue weighted by atomic mass is 9.79. The first-order valence-corrected chi connectivity index (χ1v) is 11.6. The summed E-state index contributed by atoms with van der Waals surface area (Å²) >= 11 is 0. The minimum absolute atomic E-state index is 0.0730. The third kappa shape index (κ3) is 3.73. The summed E-state index contributed by atoms with van der Waals surface area (Å²) < 4.78 is 22.5. The van der Waals surface area contributed by atoms with Crippen LogP contribution in [-0.4, -0.2) is 45.4 Å². The molecule has 1 fully saturated rings. The Hall–Kier alpha value is -3.10. The van der Waals surface area contributed by atoms with Gasteiger partial charge in [0.1, 0.15) is 5.60 Å². The standard InChI is InChI=1S/C24H30FN5O3/c1-24(2,3)33-23(32)29-10-9-16-20-15(11-19(31)27-12-18(20)29)28-30(16)17-8-7-14(13-5-4-6-13)21(25)22(17)26/h7-8,13,18H,4-6,9-12,26H2,1-3H3,(H,27,31). The number of hydrogen-bond acceptors (Lipinski definition) is 5. The van der Waals surface area contributed by atoms with Crippen molar-refractivity contribution >= 4 is 17.7 Å². The van der Waals surface area contributed by atoms with Gasteiger partial charge in [-0.1, -0.05) is 12.5 Å². The first kappa shape index (κ1) is 21.7. The molecule has 5 rings (SSSR count). The number of carbonyl (C=O) groups excluding carboxylic acids is 2. The van der Waals surface area contributed by atoms with Crippen LogP contribution in [0, 0.1) is 5.82 Å². The second kappa shape index (κ2) is 7.74. The Morgan fingerprint density at radius 1 is 1.30 bits per heavy atom. The van der Waals surface area contributed by atoms with Gasteiger partial charge >= 0.3 is 6.09 Å². The number of nitrogens with zero attached hydrogens (tertiary/aromatic N) is 3. The van der Waals surface area contributed by atoms with Crippen LogP contribution in [0.3, 0.4) is 0 Å². The number of nitrogens with two attached hydrogens (primary N) is 1. The number of nitrogen functional groups attached to an aromatic ring is 1. The van der Waals surface area contributed by atoms with Crippen LogP contribution >= 0.6 is 0 Å². The predicted octanol–water partition coefficient (Wildman–Crippen LogP) is 3.37. The zero-order valence-corrected chi connectivity index (χ0v) is 19.3. The van der Waals surface area contributed by atoms with Gasteiger partial charge in [0, 0.05) is 25.1 Å². The Morgan fingerprint density at radius 2 is 2.06 bits per heavy atom. The number of halogens is 1. The monoisotopic (exact) mass is 455 g/mol. The van der Waals surface area contributed by atoms with E-state index < -0.39 is 17.7 Å². The number of ether oxygens (including phenoxy) is 1. The van der Waals surface area contributed by atoms with Crippen molar-refractivity contribution < 1.29 is 18.7 Å². The molecular weight excluding hydrogens is 425 g/mol. The Bertz CT molecular complexity index is 1130. The SMILES string of the molecule is CC(C)(C)OC(=O)N1CCc2c3c(nn2-c2ccc(C4CCC4)c(F)c2N)CC(=O)NCC31. The normalized spacial score (nSPS) is 20.5. The maximum atomic E-state index is 15.2. The Kier molecular flexibility index (Phi) is 5.10. The van der Waals surface area contributed by atoms with Crippen molar-refractivity contribution in [3.8, 4) is 5.69 Å². The van der Waals surface area contributed by atoms with Crippen molar-refractivity contribution in [3.63, 3.8) is 0 Å². The molecule has 3 heterocycles. The Labute approximate surface area is 192 Å². The summed E-state index contributed by atoms with van der Waals surface area (Å²) in [6.45, 7) is 6.14. The van der Waals surface area contributed by atoms with Crippen LogP contribution in [0.5, 0.6) is 0 Å². The molecular formula is C24H30FN5O3. The fraction of sp³-hybridized carbons (Fsp3) is 0.542. The molecule has 33 heavy (non-hydrogen) atoms. The summed E-state index contributed by atoms with van der Waals surface area (Å²) in [5.74, 6) is -0.319. The van der Waals surface area contributed by atoms with Gasteiger partial charge in [0.2, 0.25) is 5.91 Å². The molecule has 1 aromatic carbocycles. The first-order chi connectivity index (χ1) is 15.6. The van der Waals surface area contributed by atoms with Crippen LogP contribution in [-0.2, 0) is 22.4 Å². The largest absolute Gasteiger partial charge is 0.444 e. The number of anilines is 1. The van der Waals surface area contributed by atoms with Crippen LogP contribution in [0.4, 0.5) is 14.9 Å². The zero-order valence-electron chi connectivity index (χ0n) is 19.3. The molecule has 176 valence electrons. The van der Waals surface area contributed by atoms with E-state index in [1.807, 2.05) is 32.9 Å². The van der Waals surface area contributed by atoms with Crippen LogP contribution in [0.25, 0.3) is 5.69 Å². The van der Waals surface area contributed by atoms with E-state index in [0.717, 1.165) is 30.5 Å². The molecule has 3 N–H and O–H groups in total. The molecule has 1 atom stereocenters. The van der Waals surface area contributed by atoms with E-state index >= 15 is 4.39 Å². The highest BCUT2D eigenvalue weighted by molar-refractivity contribution is 5.80. The van der Waals surface area contributed by atoms with Gasteiger partial charge in [-0.05, 0) is 51.2 Å². The number of hydrogen-bond donors (Lipinski definition) is 2. The van der Waals surface area contributed by atoms with E-state index in [4.69, 9.17) is 15.6 Å². The molecule has 0 saturated heterocycles. The summed E-state index contributed by atoms with van der Waals surface area (Å²) in [5, 5.41) is 7.58. The van der Waals surface area contributed by atoms with E-state index in [-0.39, 0.29) is 36.3 Å². The maximum Gasteiger partial charge on any atom is 0.410 e. The molecule has 2 aliphatic heterocycles. The second-order valence-corrected chi connectivity index (χ2v) is 10.2. The van der Waals surface area contributed by atoms with Gasteiger partial charge in [-0.15, -0.1) is 0 Å². The summed E-state index contributed by atoms with van der Waals surface area (Å²) in [5.41, 5.74) is 9.12. The van der Waals surface area contributed by atoms with Gasteiger partial charge in [0.15, 0.2) is 5.82 Å². The number of carbonyl (C=O) groups is 2. The third-order valence-electron chi connectivity index (χ3n) is 6.81. The lowest BCUT2D eigenvalue weighted by molar-refractivity contribution is -0.120. The lowest BCUT2D eigenvalue weighted by Gasteiger charge is -2.36. The third-order valence-corrected chi connectivity index (χ3v) is 6.81. The van der Waals surface area contributed by atoms with Crippen molar-refractivity contribution in [1.82, 2.24) is 20.0 Å². The van der Waals surface area contributed by atoms with Gasteiger partial charge in [0.25, 0.3) is 0 Å². The molecule has 0 spiro atoms. The van der Waals surface area contributed by atoms with E-state index in [0.29, 0.717) is 29.9 Å². The lowest BCUT2D eigenvalue weighted by Crippen LogP contribution is -2.46. The Balaban J connectivity index is 1.57. The van der Waals surface area contributed by atoms with Crippen molar-refractivity contribution in [2.75, 3.05) is 18.8 Å². The number of aromatic nitrogens is 2. The summed E-state index contributed by atoms with van der Waals surface area (Å²) in [7, 11) is 0. The molecule has 1 saturated carbocycles. The fourth-order valence-electron chi connectivity index (χ4n) is 5.00. The molecule has 0 bridgehead atoms. The van der Waals surface area contributed by atoms with E-state index in [9.17, 15) is 9.59 Å². The van der Waals surface area contributed by atoms with Crippen LogP contribution in [0.2, 0.25) is 0 Å². The Morgan fingerprint density at radius 3 is 2.73 bits per heavy atom. The summed E-state index contributed by atoms with van der Waals surface area (Å²) in [6, 6.07) is 3.23. The smallest absolute Gasteiger partial charge is 0.410 e.